The third kappa shape index (κ3) is 17.4. The molecule has 13 N–H and O–H groups in total. The Morgan fingerprint density at radius 2 is 1.21 bits per heavy atom. The quantitative estimate of drug-likeness (QED) is 0.0306. The highest BCUT2D eigenvalue weighted by molar-refractivity contribution is 7.80. The van der Waals surface area contributed by atoms with Crippen LogP contribution in [0.2, 0.25) is 0 Å². The third-order valence-corrected chi connectivity index (χ3v) is 12.1. The molecule has 4 aromatic rings. The van der Waals surface area contributed by atoms with Crippen LogP contribution in [-0.2, 0) is 62.7 Å². The van der Waals surface area contributed by atoms with Gasteiger partial charge in [-0.25, -0.2) is 28.0 Å². The van der Waals surface area contributed by atoms with Gasteiger partial charge >= 0.3 is 29.6 Å². The highest BCUT2D eigenvalue weighted by Crippen LogP contribution is 2.23. The van der Waals surface area contributed by atoms with Gasteiger partial charge in [-0.1, -0.05) is 60.7 Å². The average Bonchev–Trinajstić information content (AvgIpc) is 3.37. The summed E-state index contributed by atoms with van der Waals surface area (Å²) in [7, 11) is 0. The fraction of sp³-hybridized carbons (Fsp3) is 0.367. The van der Waals surface area contributed by atoms with Gasteiger partial charge in [-0.05, 0) is 55.0 Å². The molecule has 6 atom stereocenters. The largest absolute Gasteiger partial charge is 0.481 e. The summed E-state index contributed by atoms with van der Waals surface area (Å²) in [5.74, 6) is -13.1. The minimum Gasteiger partial charge on any atom is -0.481 e. The zero-order valence-electron chi connectivity index (χ0n) is 40.7. The van der Waals surface area contributed by atoms with Crippen molar-refractivity contribution in [3.8, 4) is 11.1 Å². The number of nitrogens with one attached hydrogen (secondary N) is 5. The van der Waals surface area contributed by atoms with Crippen LogP contribution >= 0.6 is 12.6 Å². The van der Waals surface area contributed by atoms with Crippen LogP contribution in [0.3, 0.4) is 0 Å². The fourth-order valence-corrected chi connectivity index (χ4v) is 7.84. The van der Waals surface area contributed by atoms with Crippen molar-refractivity contribution in [3.63, 3.8) is 0 Å². The van der Waals surface area contributed by atoms with Gasteiger partial charge in [0.05, 0.1) is 25.1 Å². The van der Waals surface area contributed by atoms with E-state index in [0.717, 1.165) is 21.3 Å². The summed E-state index contributed by atoms with van der Waals surface area (Å²) in [5.41, 5.74) is 11.6. The number of carboxylic acids is 4. The van der Waals surface area contributed by atoms with Crippen molar-refractivity contribution in [1.82, 2.24) is 35.7 Å². The monoisotopic (exact) mass is 1080 g/mol. The summed E-state index contributed by atoms with van der Waals surface area (Å²) in [6, 6.07) is 9.22. The number of amides is 5. The number of nitrogens with two attached hydrogens (primary N) is 2. The number of hydrogen-bond donors (Lipinski definition) is 12. The van der Waals surface area contributed by atoms with Crippen LogP contribution in [0.1, 0.15) is 67.0 Å². The number of nitrogens with zero attached hydrogens (tertiary/aromatic N) is 2. The molecule has 76 heavy (non-hydrogen) atoms. The van der Waals surface area contributed by atoms with Crippen molar-refractivity contribution in [3.05, 3.63) is 128 Å². The first-order valence-electron chi connectivity index (χ1n) is 23.3. The lowest BCUT2D eigenvalue weighted by molar-refractivity contribution is -0.143. The summed E-state index contributed by atoms with van der Waals surface area (Å²) < 4.78 is 31.8. The molecule has 408 valence electrons. The molecule has 1 aromatic heterocycles. The number of benzene rings is 3. The summed E-state index contributed by atoms with van der Waals surface area (Å²) in [6.45, 7) is -0.0113. The number of carbonyl (C=O) groups is 9. The van der Waals surface area contributed by atoms with E-state index in [-0.39, 0.29) is 42.0 Å². The predicted molar refractivity (Wildman–Crippen MR) is 268 cm³/mol. The number of carboxylic acid groups (broad SMARTS) is 4. The maximum absolute atomic E-state index is 14.9. The Balaban J connectivity index is 1.35. The average molecular weight is 1080 g/mol. The Morgan fingerprint density at radius 3 is 1.78 bits per heavy atom. The van der Waals surface area contributed by atoms with E-state index >= 15 is 0 Å². The predicted octanol–water partition coefficient (Wildman–Crippen LogP) is -0.454. The van der Waals surface area contributed by atoms with Gasteiger partial charge in [-0.2, -0.15) is 12.6 Å². The molecular formula is C49H57F2N9O15S. The second-order valence-electron chi connectivity index (χ2n) is 17.3. The second kappa shape index (κ2) is 28.4. The first kappa shape index (κ1) is 60.3. The standard InChI is InChI=1S/C49H57F2N9O15S/c1-25-42(45(68)60(23-33(53)27-8-3-2-4-9-27)49(75)59(25)22-29-30(50)11-6-12-31(29)51)28-10-5-7-26(19-28)13-16-39(62)55-35(47(71)72)15-18-40(63)56-34(46(69)70)14-17-38(61)54-21-32(52)43(66)57-36(20-41(64)65)44(67)58-37(24-76)48(73)74/h2-12,19,32-37,76H,13-18,20-24,52-53H2,1H3,(H,54,61)(H,55,62)(H,56,63)(H,57,66)(H,58,67)(H,64,65)(H,69,70)(H,71,72)(H,73,74)/t32?,33-,34+,35-,36-,37-/m0/s1. The molecule has 1 unspecified atom stereocenters. The van der Waals surface area contributed by atoms with Crippen LogP contribution in [0.5, 0.6) is 0 Å². The van der Waals surface area contributed by atoms with Gasteiger partial charge in [0.25, 0.3) is 5.56 Å². The van der Waals surface area contributed by atoms with Gasteiger partial charge in [-0.3, -0.25) is 42.7 Å². The van der Waals surface area contributed by atoms with E-state index in [1.807, 2.05) is 5.32 Å². The molecule has 0 fully saturated rings. The number of hydrogen-bond acceptors (Lipinski definition) is 14. The number of thiol groups is 1. The third-order valence-electron chi connectivity index (χ3n) is 11.8. The summed E-state index contributed by atoms with van der Waals surface area (Å²) in [5, 5.41) is 48.7. The van der Waals surface area contributed by atoms with Crippen LogP contribution < -0.4 is 49.3 Å². The zero-order valence-corrected chi connectivity index (χ0v) is 41.6. The molecule has 0 spiro atoms. The van der Waals surface area contributed by atoms with Crippen LogP contribution in [-0.4, -0.2) is 125 Å². The zero-order chi connectivity index (χ0) is 56.4. The molecule has 3 aromatic carbocycles. The molecule has 0 radical (unpaired) electrons. The molecule has 24 nitrogen and oxygen atoms in total. The highest BCUT2D eigenvalue weighted by Gasteiger charge is 2.30. The molecule has 0 aliphatic carbocycles. The SMILES string of the molecule is Cc1c(-c2cccc(CCC(=O)N[C@@H](CCC(=O)N[C@H](CCC(=O)NCC(N)C(=O)N[C@@H](CC(=O)O)C(=O)N[C@@H](CS)C(=O)O)C(=O)O)C(=O)O)c2)c(=O)n(C[C@H](N)c2ccccc2)c(=O)n1Cc1c(F)cccc1F. The Kier molecular flexibility index (Phi) is 22.5. The molecule has 0 aliphatic rings. The number of aliphatic carboxylic acids is 4. The Morgan fingerprint density at radius 1 is 0.658 bits per heavy atom. The van der Waals surface area contributed by atoms with Gasteiger partial charge < -0.3 is 58.5 Å². The van der Waals surface area contributed by atoms with Crippen molar-refractivity contribution in [1.29, 1.82) is 0 Å². The normalized spacial score (nSPS) is 13.4. The van der Waals surface area contributed by atoms with Crippen molar-refractivity contribution < 1.29 is 72.4 Å². The molecule has 1 heterocycles. The highest BCUT2D eigenvalue weighted by atomic mass is 32.1. The van der Waals surface area contributed by atoms with Crippen LogP contribution in [0.4, 0.5) is 8.78 Å². The summed E-state index contributed by atoms with van der Waals surface area (Å²) >= 11 is 3.79. The minimum atomic E-state index is -1.76. The number of aryl methyl sites for hydroxylation is 1. The van der Waals surface area contributed by atoms with E-state index in [1.165, 1.54) is 13.0 Å². The van der Waals surface area contributed by atoms with E-state index in [9.17, 15) is 71.7 Å². The Labute approximate surface area is 436 Å². The number of halogens is 2. The summed E-state index contributed by atoms with van der Waals surface area (Å²) in [6.07, 6.45) is -3.40. The molecular weight excluding hydrogens is 1020 g/mol. The smallest absolute Gasteiger partial charge is 0.331 e. The number of carbonyl (C=O) groups excluding carboxylic acids is 5. The first-order valence-corrected chi connectivity index (χ1v) is 23.9. The van der Waals surface area contributed by atoms with Gasteiger partial charge in [0, 0.05) is 48.9 Å². The number of rotatable bonds is 29. The lowest BCUT2D eigenvalue weighted by Crippen LogP contribution is -2.57. The van der Waals surface area contributed by atoms with E-state index in [1.54, 1.807) is 54.6 Å². The molecule has 4 rings (SSSR count). The molecule has 0 bridgehead atoms. The van der Waals surface area contributed by atoms with Crippen molar-refractivity contribution in [2.24, 2.45) is 11.5 Å². The fourth-order valence-electron chi connectivity index (χ4n) is 7.59. The molecule has 5 amide bonds. The Bertz CT molecular complexity index is 2920. The van der Waals surface area contributed by atoms with Crippen LogP contribution in [0, 0.1) is 18.6 Å². The first-order chi connectivity index (χ1) is 35.9. The van der Waals surface area contributed by atoms with Gasteiger partial charge in [-0.15, -0.1) is 0 Å². The molecule has 27 heteroatoms. The maximum Gasteiger partial charge on any atom is 0.331 e. The van der Waals surface area contributed by atoms with Crippen LogP contribution in [0.15, 0.2) is 82.4 Å². The van der Waals surface area contributed by atoms with Crippen molar-refractivity contribution in [2.75, 3.05) is 12.3 Å². The van der Waals surface area contributed by atoms with Gasteiger partial charge in [0.2, 0.25) is 29.5 Å². The van der Waals surface area contributed by atoms with E-state index in [0.29, 0.717) is 11.1 Å². The van der Waals surface area contributed by atoms with Crippen molar-refractivity contribution in [2.45, 2.75) is 101 Å². The maximum atomic E-state index is 14.9. The minimum absolute atomic E-state index is 0.00373. The van der Waals surface area contributed by atoms with Gasteiger partial charge in [0.15, 0.2) is 0 Å². The molecule has 0 saturated heterocycles. The second-order valence-corrected chi connectivity index (χ2v) is 17.7. The topological polar surface area (TPSA) is 391 Å². The summed E-state index contributed by atoms with van der Waals surface area (Å²) in [4.78, 5) is 138. The van der Waals surface area contributed by atoms with Crippen LogP contribution in [0.25, 0.3) is 11.1 Å². The molecule has 0 aliphatic heterocycles. The lowest BCUT2D eigenvalue weighted by atomic mass is 10.00. The molecule has 0 saturated carbocycles. The lowest BCUT2D eigenvalue weighted by Gasteiger charge is -2.21. The van der Waals surface area contributed by atoms with E-state index in [2.05, 4.69) is 33.9 Å². The van der Waals surface area contributed by atoms with E-state index < -0.39 is 163 Å². The van der Waals surface area contributed by atoms with E-state index in [4.69, 9.17) is 21.7 Å². The Hall–Kier alpha value is -8.30. The van der Waals surface area contributed by atoms with Gasteiger partial charge in [0.1, 0.15) is 41.8 Å². The van der Waals surface area contributed by atoms with Crippen molar-refractivity contribution >= 4 is 66.0 Å². The number of aromatic nitrogens is 2.